The number of piperazine rings is 1. The molecule has 1 fully saturated rings. The fourth-order valence-electron chi connectivity index (χ4n) is 3.39. The highest BCUT2D eigenvalue weighted by atomic mass is 35.5. The first kappa shape index (κ1) is 16.1. The molecular weight excluding hydrogens is 368 g/mol. The van der Waals surface area contributed by atoms with E-state index < -0.39 is 10.0 Å². The van der Waals surface area contributed by atoms with Gasteiger partial charge in [0.1, 0.15) is 4.21 Å². The van der Waals surface area contributed by atoms with E-state index in [0.717, 1.165) is 23.3 Å². The number of hydrogen-bond donors (Lipinski definition) is 0. The number of rotatable bonds is 2. The molecule has 0 bridgehead atoms. The van der Waals surface area contributed by atoms with Gasteiger partial charge in [-0.25, -0.2) is 8.42 Å². The molecule has 126 valence electrons. The molecule has 1 atom stereocenters. The third kappa shape index (κ3) is 2.56. The van der Waals surface area contributed by atoms with Gasteiger partial charge in [0, 0.05) is 13.1 Å². The van der Waals surface area contributed by atoms with E-state index in [1.54, 1.807) is 11.0 Å². The van der Waals surface area contributed by atoms with Crippen LogP contribution in [-0.2, 0) is 21.2 Å². The van der Waals surface area contributed by atoms with Crippen molar-refractivity contribution >= 4 is 38.9 Å². The van der Waals surface area contributed by atoms with Crippen molar-refractivity contribution < 1.29 is 13.2 Å². The maximum absolute atomic E-state index is 12.8. The van der Waals surface area contributed by atoms with Crippen LogP contribution in [0.3, 0.4) is 0 Å². The fraction of sp³-hybridized carbons (Fsp3) is 0.312. The van der Waals surface area contributed by atoms with E-state index in [9.17, 15) is 13.2 Å². The van der Waals surface area contributed by atoms with Crippen LogP contribution in [0.15, 0.2) is 40.6 Å². The first-order valence-electron chi connectivity index (χ1n) is 7.59. The molecular formula is C16H15ClN2O3S2. The van der Waals surface area contributed by atoms with Crippen molar-refractivity contribution in [2.45, 2.75) is 16.7 Å². The highest BCUT2D eigenvalue weighted by molar-refractivity contribution is 7.91. The minimum absolute atomic E-state index is 0.115. The van der Waals surface area contributed by atoms with E-state index in [1.807, 2.05) is 24.3 Å². The van der Waals surface area contributed by atoms with Crippen LogP contribution >= 0.6 is 22.9 Å². The van der Waals surface area contributed by atoms with Crippen LogP contribution in [0.2, 0.25) is 4.34 Å². The molecule has 0 radical (unpaired) electrons. The molecule has 1 aromatic heterocycles. The molecule has 0 spiro atoms. The van der Waals surface area contributed by atoms with Gasteiger partial charge in [0.25, 0.3) is 10.0 Å². The van der Waals surface area contributed by atoms with Crippen LogP contribution in [-0.4, -0.2) is 43.2 Å². The quantitative estimate of drug-likeness (QED) is 0.802. The number of thiophene rings is 1. The number of carbonyl (C=O) groups is 1. The summed E-state index contributed by atoms with van der Waals surface area (Å²) in [5.74, 6) is -0.146. The lowest BCUT2D eigenvalue weighted by Crippen LogP contribution is -2.55. The van der Waals surface area contributed by atoms with E-state index in [0.29, 0.717) is 10.9 Å². The Morgan fingerprint density at radius 2 is 1.96 bits per heavy atom. The Morgan fingerprint density at radius 3 is 2.71 bits per heavy atom. The molecule has 2 aliphatic rings. The Kier molecular flexibility index (Phi) is 3.91. The Bertz CT molecular complexity index is 910. The first-order chi connectivity index (χ1) is 11.5. The van der Waals surface area contributed by atoms with Crippen molar-refractivity contribution in [2.24, 2.45) is 0 Å². The average molecular weight is 383 g/mol. The summed E-state index contributed by atoms with van der Waals surface area (Å²) in [6.07, 6.45) is 0.811. The third-order valence-corrected chi connectivity index (χ3v) is 8.07. The minimum Gasteiger partial charge on any atom is -0.333 e. The monoisotopic (exact) mass is 382 g/mol. The molecule has 0 saturated carbocycles. The minimum atomic E-state index is -3.71. The van der Waals surface area contributed by atoms with Gasteiger partial charge in [-0.15, -0.1) is 11.3 Å². The lowest BCUT2D eigenvalue weighted by atomic mass is 9.91. The van der Waals surface area contributed by atoms with Crippen molar-refractivity contribution in [3.8, 4) is 0 Å². The smallest absolute Gasteiger partial charge is 0.253 e. The summed E-state index contributed by atoms with van der Waals surface area (Å²) in [5, 5.41) is 0. The van der Waals surface area contributed by atoms with Crippen molar-refractivity contribution in [3.63, 3.8) is 0 Å². The lowest BCUT2D eigenvalue weighted by molar-refractivity contribution is -0.138. The molecule has 8 heteroatoms. The van der Waals surface area contributed by atoms with Crippen LogP contribution in [0.5, 0.6) is 0 Å². The second kappa shape index (κ2) is 5.84. The van der Waals surface area contributed by atoms with E-state index >= 15 is 0 Å². The second-order valence-corrected chi connectivity index (χ2v) is 9.79. The average Bonchev–Trinajstić information content (AvgIpc) is 3.02. The molecule has 1 aromatic carbocycles. The van der Waals surface area contributed by atoms with Gasteiger partial charge in [0.15, 0.2) is 0 Å². The van der Waals surface area contributed by atoms with Crippen molar-refractivity contribution in [1.82, 2.24) is 9.21 Å². The van der Waals surface area contributed by atoms with Crippen LogP contribution in [0.1, 0.15) is 17.2 Å². The molecule has 0 N–H and O–H groups in total. The van der Waals surface area contributed by atoms with Gasteiger partial charge in [0.05, 0.1) is 16.9 Å². The molecule has 1 saturated heterocycles. The number of sulfonamides is 1. The summed E-state index contributed by atoms with van der Waals surface area (Å²) in [6.45, 7) is 0.802. The van der Waals surface area contributed by atoms with Crippen LogP contribution in [0.25, 0.3) is 0 Å². The van der Waals surface area contributed by atoms with E-state index in [4.69, 9.17) is 11.6 Å². The van der Waals surface area contributed by atoms with E-state index in [-0.39, 0.29) is 29.2 Å². The Balaban J connectivity index is 1.71. The summed E-state index contributed by atoms with van der Waals surface area (Å²) in [5.41, 5.74) is 2.23. The normalized spacial score (nSPS) is 21.5. The molecule has 2 aliphatic heterocycles. The molecule has 1 amide bonds. The predicted octanol–water partition coefficient (Wildman–Crippen LogP) is 2.53. The van der Waals surface area contributed by atoms with Crippen molar-refractivity contribution in [3.05, 3.63) is 51.9 Å². The molecule has 24 heavy (non-hydrogen) atoms. The molecule has 3 heterocycles. The van der Waals surface area contributed by atoms with Gasteiger partial charge in [0.2, 0.25) is 5.91 Å². The number of benzene rings is 1. The van der Waals surface area contributed by atoms with Gasteiger partial charge in [-0.2, -0.15) is 4.31 Å². The third-order valence-electron chi connectivity index (χ3n) is 4.56. The zero-order valence-corrected chi connectivity index (χ0v) is 15.1. The molecule has 0 aliphatic carbocycles. The molecule has 5 nitrogen and oxygen atoms in total. The number of nitrogens with zero attached hydrogens (tertiary/aromatic N) is 2. The van der Waals surface area contributed by atoms with Crippen molar-refractivity contribution in [1.29, 1.82) is 0 Å². The molecule has 2 aromatic rings. The van der Waals surface area contributed by atoms with Gasteiger partial charge in [-0.1, -0.05) is 35.9 Å². The summed E-state index contributed by atoms with van der Waals surface area (Å²) < 4.78 is 27.6. The highest BCUT2D eigenvalue weighted by Gasteiger charge is 2.41. The summed E-state index contributed by atoms with van der Waals surface area (Å²) in [7, 11) is -3.71. The molecule has 4 rings (SSSR count). The van der Waals surface area contributed by atoms with Gasteiger partial charge in [-0.3, -0.25) is 4.79 Å². The standard InChI is InChI=1S/C16H15ClN2O3S2/c17-14-5-6-16(23-14)24(21,22)18-9-13-12-4-2-1-3-11(12)7-8-19(13)15(20)10-18/h1-6,13H,7-10H2. The Hall–Kier alpha value is -1.41. The number of hydrogen-bond acceptors (Lipinski definition) is 4. The largest absolute Gasteiger partial charge is 0.333 e. The summed E-state index contributed by atoms with van der Waals surface area (Å²) in [4.78, 5) is 14.3. The number of carbonyl (C=O) groups excluding carboxylic acids is 1. The van der Waals surface area contributed by atoms with Crippen LogP contribution in [0, 0.1) is 0 Å². The number of fused-ring (bicyclic) bond motifs is 3. The van der Waals surface area contributed by atoms with Gasteiger partial charge < -0.3 is 4.90 Å². The van der Waals surface area contributed by atoms with Crippen molar-refractivity contribution in [2.75, 3.05) is 19.6 Å². The number of amides is 1. The van der Waals surface area contributed by atoms with E-state index in [1.165, 1.54) is 15.9 Å². The lowest BCUT2D eigenvalue weighted by Gasteiger charge is -2.43. The predicted molar refractivity (Wildman–Crippen MR) is 92.7 cm³/mol. The number of halogens is 1. The van der Waals surface area contributed by atoms with Crippen LogP contribution in [0.4, 0.5) is 0 Å². The maximum Gasteiger partial charge on any atom is 0.253 e. The topological polar surface area (TPSA) is 57.7 Å². The summed E-state index contributed by atoms with van der Waals surface area (Å²) in [6, 6.07) is 10.8. The SMILES string of the molecule is O=C1CN(S(=O)(=O)c2ccc(Cl)s2)CC2c3ccccc3CCN12. The Morgan fingerprint density at radius 1 is 1.17 bits per heavy atom. The zero-order chi connectivity index (χ0) is 16.9. The highest BCUT2D eigenvalue weighted by Crippen LogP contribution is 2.36. The fourth-order valence-corrected chi connectivity index (χ4v) is 6.43. The van der Waals surface area contributed by atoms with Gasteiger partial charge in [-0.05, 0) is 29.7 Å². The second-order valence-electron chi connectivity index (χ2n) is 5.91. The van der Waals surface area contributed by atoms with Crippen LogP contribution < -0.4 is 0 Å². The first-order valence-corrected chi connectivity index (χ1v) is 10.2. The summed E-state index contributed by atoms with van der Waals surface area (Å²) >= 11 is 6.89. The Labute approximate surface area is 149 Å². The van der Waals surface area contributed by atoms with Gasteiger partial charge >= 0.3 is 0 Å². The molecule has 1 unspecified atom stereocenters. The van der Waals surface area contributed by atoms with E-state index in [2.05, 4.69) is 0 Å². The zero-order valence-electron chi connectivity index (χ0n) is 12.7. The maximum atomic E-state index is 12.8.